The maximum atomic E-state index is 13.0. The highest BCUT2D eigenvalue weighted by Crippen LogP contribution is 2.65. The van der Waals surface area contributed by atoms with Crippen LogP contribution in [0.15, 0.2) is 0 Å². The summed E-state index contributed by atoms with van der Waals surface area (Å²) in [7, 11) is 0. The molecule has 94 valence electrons. The van der Waals surface area contributed by atoms with Gasteiger partial charge in [0.1, 0.15) is 0 Å². The van der Waals surface area contributed by atoms with Gasteiger partial charge >= 0.3 is 6.72 Å². The topological polar surface area (TPSA) is 46.6 Å². The fourth-order valence-corrected chi connectivity index (χ4v) is 6.95. The van der Waals surface area contributed by atoms with Crippen molar-refractivity contribution in [1.82, 2.24) is 4.67 Å². The van der Waals surface area contributed by atoms with Crippen molar-refractivity contribution in [2.75, 3.05) is 18.9 Å². The number of amides is 1. The van der Waals surface area contributed by atoms with Crippen LogP contribution in [0.4, 0.5) is 4.79 Å². The Labute approximate surface area is 112 Å². The van der Waals surface area contributed by atoms with Gasteiger partial charge < -0.3 is 4.52 Å². The van der Waals surface area contributed by atoms with E-state index < -0.39 is 25.4 Å². The van der Waals surface area contributed by atoms with Gasteiger partial charge in [-0.3, -0.25) is 14.0 Å². The molecule has 0 aromatic rings. The maximum Gasteiger partial charge on any atom is 0.356 e. The van der Waals surface area contributed by atoms with Crippen molar-refractivity contribution in [2.24, 2.45) is 0 Å². The molecule has 0 saturated carbocycles. The highest BCUT2D eigenvalue weighted by atomic mass is 32.7. The van der Waals surface area contributed by atoms with Gasteiger partial charge in [0.2, 0.25) is 0 Å². The molecule has 1 rings (SSSR count). The Hall–Kier alpha value is 0.360. The van der Waals surface area contributed by atoms with E-state index in [1.165, 1.54) is 0 Å². The molecule has 1 fully saturated rings. The highest BCUT2D eigenvalue weighted by Gasteiger charge is 2.40. The molecule has 2 atom stereocenters. The minimum atomic E-state index is -3.97. The number of hydrogen-bond donors (Lipinski definition) is 0. The molecule has 1 saturated heterocycles. The van der Waals surface area contributed by atoms with Crippen LogP contribution in [0, 0.1) is 0 Å². The van der Waals surface area contributed by atoms with E-state index in [0.29, 0.717) is 12.2 Å². The van der Waals surface area contributed by atoms with Crippen LogP contribution in [0.25, 0.3) is 0 Å². The zero-order chi connectivity index (χ0) is 16.5. The summed E-state index contributed by atoms with van der Waals surface area (Å²) in [6, 6.07) is 0. The zero-order valence-corrected chi connectivity index (χ0v) is 11.7. The minimum Gasteiger partial charge on any atom is -0.306 e. The van der Waals surface area contributed by atoms with E-state index in [9.17, 15) is 9.36 Å². The van der Waals surface area contributed by atoms with Crippen LogP contribution in [0.5, 0.6) is 0 Å². The third kappa shape index (κ3) is 3.42. The van der Waals surface area contributed by atoms with Gasteiger partial charge in [0.15, 0.2) is 0 Å². The van der Waals surface area contributed by atoms with Gasteiger partial charge in [0.05, 0.1) is 9.30 Å². The molecule has 0 aromatic heterocycles. The predicted octanol–water partition coefficient (Wildman–Crippen LogP) is 3.83. The maximum absolute atomic E-state index is 13.0. The molecule has 0 aromatic carbocycles. The fourth-order valence-electron chi connectivity index (χ4n) is 1.10. The van der Waals surface area contributed by atoms with Crippen molar-refractivity contribution < 1.29 is 20.7 Å². The van der Waals surface area contributed by atoms with E-state index in [4.69, 9.17) is 11.4 Å². The Morgan fingerprint density at radius 3 is 3.12 bits per heavy atom. The number of nitrogens with zero attached hydrogens (tertiary/aromatic N) is 1. The Kier molecular flexibility index (Phi) is 3.35. The molecule has 0 N–H and O–H groups in total. The highest BCUT2D eigenvalue weighted by molar-refractivity contribution is 8.56. The van der Waals surface area contributed by atoms with Crippen LogP contribution in [-0.4, -0.2) is 34.0 Å². The van der Waals surface area contributed by atoms with Gasteiger partial charge in [-0.15, -0.1) is 0 Å². The monoisotopic (exact) mass is 288 g/mol. The van der Waals surface area contributed by atoms with Gasteiger partial charge in [0.25, 0.3) is 5.24 Å². The summed E-state index contributed by atoms with van der Waals surface area (Å²) in [6.45, 7) is -6.38. The second-order valence-corrected chi connectivity index (χ2v) is 8.90. The molecule has 0 bridgehead atoms. The molecular formula is C9H18NO3PS2. The van der Waals surface area contributed by atoms with Gasteiger partial charge in [-0.2, -0.15) is 0 Å². The third-order valence-electron chi connectivity index (χ3n) is 2.08. The van der Waals surface area contributed by atoms with Crippen LogP contribution in [-0.2, 0) is 9.09 Å². The lowest BCUT2D eigenvalue weighted by molar-refractivity contribution is 0.241. The first-order chi connectivity index (χ1) is 9.43. The van der Waals surface area contributed by atoms with Crippen molar-refractivity contribution in [2.45, 2.75) is 32.4 Å². The molecule has 16 heavy (non-hydrogen) atoms. The summed E-state index contributed by atoms with van der Waals surface area (Å²) >= 11 is 1.78. The Morgan fingerprint density at radius 1 is 1.88 bits per heavy atom. The van der Waals surface area contributed by atoms with Gasteiger partial charge in [-0.1, -0.05) is 25.6 Å². The van der Waals surface area contributed by atoms with Crippen LogP contribution in [0.3, 0.4) is 0 Å². The van der Waals surface area contributed by atoms with Crippen LogP contribution >= 0.6 is 29.9 Å². The number of rotatable bonds is 6. The van der Waals surface area contributed by atoms with Crippen molar-refractivity contribution in [3.05, 3.63) is 0 Å². The lowest BCUT2D eigenvalue weighted by Gasteiger charge is -2.27. The number of hydrogen-bond acceptors (Lipinski definition) is 5. The molecule has 1 aliphatic heterocycles. The SMILES string of the molecule is [2H]C([2H])([2H])C([2H])([2H])OP(=O)(SC(C)CC)N1CCSC1=O. The first-order valence-corrected chi connectivity index (χ1v) is 8.91. The molecule has 2 unspecified atom stereocenters. The van der Waals surface area contributed by atoms with E-state index in [2.05, 4.69) is 0 Å². The molecule has 0 radical (unpaired) electrons. The summed E-state index contributed by atoms with van der Waals surface area (Å²) in [4.78, 5) is 11.8. The third-order valence-corrected chi connectivity index (χ3v) is 8.02. The molecule has 1 amide bonds. The minimum absolute atomic E-state index is 0.154. The van der Waals surface area contributed by atoms with Gasteiger partial charge in [0, 0.05) is 21.7 Å². The van der Waals surface area contributed by atoms with Crippen molar-refractivity contribution in [1.29, 1.82) is 0 Å². The largest absolute Gasteiger partial charge is 0.356 e. The van der Waals surface area contributed by atoms with Crippen molar-refractivity contribution in [3.63, 3.8) is 0 Å². The standard InChI is InChI=1S/C9H18NO3PS2/c1-4-8(3)16-14(12,13-5-2)10-6-7-15-9(10)11/h8H,4-7H2,1-3H3/i2D3,5D2. The average molecular weight is 288 g/mol. The molecule has 1 aliphatic rings. The fraction of sp³-hybridized carbons (Fsp3) is 0.889. The van der Waals surface area contributed by atoms with E-state index in [0.717, 1.165) is 27.8 Å². The normalized spacial score (nSPS) is 28.5. The number of carbonyl (C=O) groups is 1. The number of carbonyl (C=O) groups excluding carboxylic acids is 1. The molecule has 1 heterocycles. The second-order valence-electron chi connectivity index (χ2n) is 3.22. The molecule has 7 heteroatoms. The smallest absolute Gasteiger partial charge is 0.306 e. The molecular weight excluding hydrogens is 265 g/mol. The first kappa shape index (κ1) is 8.46. The van der Waals surface area contributed by atoms with E-state index in [-0.39, 0.29) is 11.8 Å². The average Bonchev–Trinajstić information content (AvgIpc) is 2.73. The summed E-state index contributed by atoms with van der Waals surface area (Å²) in [5.74, 6) is 0.421. The predicted molar refractivity (Wildman–Crippen MR) is 71.1 cm³/mol. The summed E-state index contributed by atoms with van der Waals surface area (Å²) in [5, 5.41) is -0.642. The lowest BCUT2D eigenvalue weighted by atomic mass is 10.4. The summed E-state index contributed by atoms with van der Waals surface area (Å²) in [6.07, 6.45) is 0.629. The number of thioether (sulfide) groups is 1. The van der Waals surface area contributed by atoms with Crippen LogP contribution in [0.2, 0.25) is 0 Å². The lowest BCUT2D eigenvalue weighted by Crippen LogP contribution is -2.20. The Bertz CT molecular complexity index is 448. The van der Waals surface area contributed by atoms with Crippen molar-refractivity contribution >= 4 is 35.1 Å². The van der Waals surface area contributed by atoms with E-state index >= 15 is 0 Å². The molecule has 0 spiro atoms. The molecule has 4 nitrogen and oxygen atoms in total. The Balaban J connectivity index is 3.08. The zero-order valence-electron chi connectivity index (χ0n) is 14.1. The van der Waals surface area contributed by atoms with Crippen LogP contribution in [0.1, 0.15) is 34.0 Å². The van der Waals surface area contributed by atoms with Gasteiger partial charge in [-0.05, 0) is 24.7 Å². The first-order valence-electron chi connectivity index (χ1n) is 7.37. The second kappa shape index (κ2) is 6.34. The quantitative estimate of drug-likeness (QED) is 0.695. The van der Waals surface area contributed by atoms with Crippen LogP contribution < -0.4 is 0 Å². The summed E-state index contributed by atoms with van der Waals surface area (Å²) < 4.78 is 55.4. The van der Waals surface area contributed by atoms with Gasteiger partial charge in [-0.25, -0.2) is 0 Å². The summed E-state index contributed by atoms with van der Waals surface area (Å²) in [5.41, 5.74) is 0. The van der Waals surface area contributed by atoms with Crippen molar-refractivity contribution in [3.8, 4) is 0 Å². The molecule has 0 aliphatic carbocycles. The van der Waals surface area contributed by atoms with E-state index in [1.807, 2.05) is 6.92 Å². The Morgan fingerprint density at radius 2 is 2.62 bits per heavy atom. The van der Waals surface area contributed by atoms with E-state index in [1.54, 1.807) is 6.92 Å².